The van der Waals surface area contributed by atoms with Crippen molar-refractivity contribution in [2.24, 2.45) is 0 Å². The molecule has 0 aliphatic carbocycles. The van der Waals surface area contributed by atoms with Gasteiger partial charge in [0.15, 0.2) is 0 Å². The van der Waals surface area contributed by atoms with Crippen LogP contribution in [0, 0.1) is 11.3 Å². The van der Waals surface area contributed by atoms with Crippen LogP contribution in [0.4, 0.5) is 0 Å². The number of Topliss-reactive ketones (excluding diaryl/α,β-unsaturated/α-hetero) is 1. The van der Waals surface area contributed by atoms with Crippen LogP contribution in [0.3, 0.4) is 0 Å². The van der Waals surface area contributed by atoms with E-state index in [2.05, 4.69) is 37.9 Å². The minimum atomic E-state index is -0.423. The fourth-order valence-electron chi connectivity index (χ4n) is 1.10. The minimum Gasteiger partial charge on any atom is -0.298 e. The second kappa shape index (κ2) is 4.72. The van der Waals surface area contributed by atoms with Crippen molar-refractivity contribution in [2.45, 2.75) is 11.8 Å². The topological polar surface area (TPSA) is 40.9 Å². The molecule has 0 fully saturated rings. The third-order valence-corrected chi connectivity index (χ3v) is 3.58. The van der Waals surface area contributed by atoms with E-state index in [1.165, 1.54) is 6.92 Å². The van der Waals surface area contributed by atoms with Gasteiger partial charge in [0.05, 0.1) is 11.6 Å². The van der Waals surface area contributed by atoms with Crippen LogP contribution >= 0.6 is 31.9 Å². The Morgan fingerprint density at radius 1 is 1.57 bits per heavy atom. The van der Waals surface area contributed by atoms with Gasteiger partial charge in [-0.05, 0) is 19.1 Å². The summed E-state index contributed by atoms with van der Waals surface area (Å²) in [6.45, 7) is 1.49. The molecule has 0 N–H and O–H groups in total. The molecule has 0 aliphatic heterocycles. The van der Waals surface area contributed by atoms with Crippen molar-refractivity contribution in [3.8, 4) is 6.07 Å². The number of nitriles is 1. The highest BCUT2D eigenvalue weighted by atomic mass is 79.9. The Balaban J connectivity index is 3.32. The molecule has 0 saturated heterocycles. The van der Waals surface area contributed by atoms with Gasteiger partial charge in [0.1, 0.15) is 10.6 Å². The van der Waals surface area contributed by atoms with E-state index in [0.29, 0.717) is 11.1 Å². The summed E-state index contributed by atoms with van der Waals surface area (Å²) in [7, 11) is 0. The summed E-state index contributed by atoms with van der Waals surface area (Å²) in [6, 6.07) is 7.33. The van der Waals surface area contributed by atoms with Crippen LogP contribution in [-0.4, -0.2) is 5.78 Å². The molecule has 1 unspecified atom stereocenters. The first-order valence-electron chi connectivity index (χ1n) is 3.91. The van der Waals surface area contributed by atoms with Gasteiger partial charge in [-0.25, -0.2) is 0 Å². The zero-order valence-corrected chi connectivity index (χ0v) is 10.6. The van der Waals surface area contributed by atoms with Gasteiger partial charge in [0, 0.05) is 10.0 Å². The molecule has 0 bridgehead atoms. The van der Waals surface area contributed by atoms with Gasteiger partial charge >= 0.3 is 0 Å². The van der Waals surface area contributed by atoms with E-state index in [9.17, 15) is 4.79 Å². The normalized spacial score (nSPS) is 11.9. The van der Waals surface area contributed by atoms with Crippen molar-refractivity contribution >= 4 is 37.6 Å². The number of halogens is 2. The fourth-order valence-corrected chi connectivity index (χ4v) is 2.49. The quantitative estimate of drug-likeness (QED) is 0.785. The average molecular weight is 317 g/mol. The van der Waals surface area contributed by atoms with Gasteiger partial charge in [-0.2, -0.15) is 5.26 Å². The Morgan fingerprint density at radius 3 is 2.71 bits per heavy atom. The first kappa shape index (κ1) is 11.4. The first-order chi connectivity index (χ1) is 6.57. The molecule has 2 nitrogen and oxygen atoms in total. The number of hydrogen-bond acceptors (Lipinski definition) is 2. The Hall–Kier alpha value is -0.660. The van der Waals surface area contributed by atoms with Crippen LogP contribution in [0.25, 0.3) is 0 Å². The summed E-state index contributed by atoms with van der Waals surface area (Å²) in [5, 5.41) is 8.87. The van der Waals surface area contributed by atoms with E-state index in [-0.39, 0.29) is 5.78 Å². The molecule has 0 aromatic heterocycles. The SMILES string of the molecule is CC(=O)C(Br)c1c(Br)cccc1C#N. The lowest BCUT2D eigenvalue weighted by atomic mass is 10.0. The molecule has 0 heterocycles. The van der Waals surface area contributed by atoms with E-state index in [4.69, 9.17) is 5.26 Å². The zero-order chi connectivity index (χ0) is 10.7. The summed E-state index contributed by atoms with van der Waals surface area (Å²) in [6.07, 6.45) is 0. The molecule has 4 heteroatoms. The Labute approximate surface area is 99.2 Å². The molecule has 1 atom stereocenters. The predicted octanol–water partition coefficient (Wildman–Crippen LogP) is 3.35. The Morgan fingerprint density at radius 2 is 2.21 bits per heavy atom. The highest BCUT2D eigenvalue weighted by Gasteiger charge is 2.19. The lowest BCUT2D eigenvalue weighted by Crippen LogP contribution is -2.04. The van der Waals surface area contributed by atoms with Crippen LogP contribution in [0.15, 0.2) is 22.7 Å². The molecule has 1 aromatic rings. The van der Waals surface area contributed by atoms with Crippen molar-refractivity contribution in [2.75, 3.05) is 0 Å². The fraction of sp³-hybridized carbons (Fsp3) is 0.200. The maximum atomic E-state index is 11.2. The molecule has 0 radical (unpaired) electrons. The summed E-state index contributed by atoms with van der Waals surface area (Å²) >= 11 is 6.59. The van der Waals surface area contributed by atoms with E-state index in [1.54, 1.807) is 12.1 Å². The molecule has 0 amide bonds. The van der Waals surface area contributed by atoms with Crippen LogP contribution in [-0.2, 0) is 4.79 Å². The summed E-state index contributed by atoms with van der Waals surface area (Å²) in [5.74, 6) is -0.0200. The molecule has 72 valence electrons. The minimum absolute atomic E-state index is 0.0200. The highest BCUT2D eigenvalue weighted by Crippen LogP contribution is 2.32. The third kappa shape index (κ3) is 2.23. The maximum absolute atomic E-state index is 11.2. The molecule has 1 rings (SSSR count). The highest BCUT2D eigenvalue weighted by molar-refractivity contribution is 9.11. The number of ketones is 1. The van der Waals surface area contributed by atoms with Gasteiger partial charge < -0.3 is 0 Å². The Bertz CT molecular complexity index is 409. The second-order valence-electron chi connectivity index (χ2n) is 2.79. The van der Waals surface area contributed by atoms with Crippen molar-refractivity contribution in [1.29, 1.82) is 5.26 Å². The largest absolute Gasteiger partial charge is 0.298 e. The van der Waals surface area contributed by atoms with Crippen molar-refractivity contribution in [3.05, 3.63) is 33.8 Å². The number of hydrogen-bond donors (Lipinski definition) is 0. The molecule has 0 aliphatic rings. The molecular weight excluding hydrogens is 310 g/mol. The number of alkyl halides is 1. The van der Waals surface area contributed by atoms with Crippen LogP contribution in [0.2, 0.25) is 0 Å². The number of benzene rings is 1. The zero-order valence-electron chi connectivity index (χ0n) is 7.42. The standard InChI is InChI=1S/C10H7Br2NO/c1-6(14)10(12)9-7(5-13)3-2-4-8(9)11/h2-4,10H,1H3. The van der Waals surface area contributed by atoms with Gasteiger partial charge in [0.25, 0.3) is 0 Å². The lowest BCUT2D eigenvalue weighted by Gasteiger charge is -2.10. The monoisotopic (exact) mass is 315 g/mol. The van der Waals surface area contributed by atoms with Crippen molar-refractivity contribution in [1.82, 2.24) is 0 Å². The maximum Gasteiger partial charge on any atom is 0.147 e. The van der Waals surface area contributed by atoms with Gasteiger partial charge in [-0.1, -0.05) is 37.9 Å². The van der Waals surface area contributed by atoms with Gasteiger partial charge in [-0.15, -0.1) is 0 Å². The van der Waals surface area contributed by atoms with Crippen LogP contribution in [0.5, 0.6) is 0 Å². The van der Waals surface area contributed by atoms with Gasteiger partial charge in [-0.3, -0.25) is 4.79 Å². The first-order valence-corrected chi connectivity index (χ1v) is 5.61. The lowest BCUT2D eigenvalue weighted by molar-refractivity contribution is -0.116. The number of nitrogens with zero attached hydrogens (tertiary/aromatic N) is 1. The molecule has 14 heavy (non-hydrogen) atoms. The smallest absolute Gasteiger partial charge is 0.147 e. The summed E-state index contributed by atoms with van der Waals surface area (Å²) in [5.41, 5.74) is 1.21. The number of carbonyl (C=O) groups excluding carboxylic acids is 1. The molecule has 0 saturated carbocycles. The summed E-state index contributed by atoms with van der Waals surface area (Å²) in [4.78, 5) is 10.8. The summed E-state index contributed by atoms with van der Waals surface area (Å²) < 4.78 is 0.772. The van der Waals surface area contributed by atoms with Gasteiger partial charge in [0.2, 0.25) is 0 Å². The molecular formula is C10H7Br2NO. The number of rotatable bonds is 2. The average Bonchev–Trinajstić information content (AvgIpc) is 2.16. The van der Waals surface area contributed by atoms with E-state index < -0.39 is 4.83 Å². The molecule has 1 aromatic carbocycles. The van der Waals surface area contributed by atoms with E-state index in [1.807, 2.05) is 6.07 Å². The number of carbonyl (C=O) groups is 1. The third-order valence-electron chi connectivity index (χ3n) is 1.78. The van der Waals surface area contributed by atoms with Crippen molar-refractivity contribution in [3.63, 3.8) is 0 Å². The second-order valence-corrected chi connectivity index (χ2v) is 4.56. The molecule has 0 spiro atoms. The predicted molar refractivity (Wildman–Crippen MR) is 61.2 cm³/mol. The van der Waals surface area contributed by atoms with E-state index >= 15 is 0 Å². The van der Waals surface area contributed by atoms with Crippen LogP contribution in [0.1, 0.15) is 22.9 Å². The van der Waals surface area contributed by atoms with Crippen molar-refractivity contribution < 1.29 is 4.79 Å². The van der Waals surface area contributed by atoms with Crippen LogP contribution < -0.4 is 0 Å². The Kier molecular flexibility index (Phi) is 3.85. The van der Waals surface area contributed by atoms with E-state index in [0.717, 1.165) is 4.47 Å².